The van der Waals surface area contributed by atoms with Gasteiger partial charge in [0.2, 0.25) is 0 Å². The van der Waals surface area contributed by atoms with Crippen molar-refractivity contribution in [3.63, 3.8) is 0 Å². The van der Waals surface area contributed by atoms with E-state index in [9.17, 15) is 4.79 Å². The zero-order valence-corrected chi connectivity index (χ0v) is 13.6. The molecule has 1 heterocycles. The molecule has 22 heavy (non-hydrogen) atoms. The maximum absolute atomic E-state index is 12.1. The minimum absolute atomic E-state index is 0.353. The number of halogens is 2. The van der Waals surface area contributed by atoms with Crippen LogP contribution in [0.15, 0.2) is 52.0 Å². The van der Waals surface area contributed by atoms with Crippen molar-refractivity contribution < 1.29 is 4.79 Å². The van der Waals surface area contributed by atoms with Gasteiger partial charge in [0.15, 0.2) is 5.82 Å². The summed E-state index contributed by atoms with van der Waals surface area (Å²) in [6.07, 6.45) is 3.19. The number of hydrogen-bond donors (Lipinski definition) is 1. The van der Waals surface area contributed by atoms with Crippen molar-refractivity contribution in [2.75, 3.05) is 5.32 Å². The molecule has 0 saturated carbocycles. The SMILES string of the molecule is C=NN1C(C)=CC(C)=NC1=CC(=O)Nc1ccc(Cl)c(Cl)c1. The number of amides is 1. The highest BCUT2D eigenvalue weighted by molar-refractivity contribution is 6.42. The Balaban J connectivity index is 2.20. The molecule has 1 aromatic rings. The maximum Gasteiger partial charge on any atom is 0.252 e. The van der Waals surface area contributed by atoms with Crippen molar-refractivity contribution in [3.05, 3.63) is 51.9 Å². The molecule has 0 aliphatic carbocycles. The van der Waals surface area contributed by atoms with Gasteiger partial charge in [-0.3, -0.25) is 4.79 Å². The largest absolute Gasteiger partial charge is 0.322 e. The molecule has 0 bridgehead atoms. The number of aliphatic imine (C=N–C) groups is 1. The van der Waals surface area contributed by atoms with E-state index in [0.29, 0.717) is 21.6 Å². The second-order valence-electron chi connectivity index (χ2n) is 4.61. The van der Waals surface area contributed by atoms with Gasteiger partial charge in [0.1, 0.15) is 0 Å². The highest BCUT2D eigenvalue weighted by Gasteiger charge is 2.16. The van der Waals surface area contributed by atoms with E-state index in [0.717, 1.165) is 11.4 Å². The summed E-state index contributed by atoms with van der Waals surface area (Å²) in [5.74, 6) is 0.0401. The highest BCUT2D eigenvalue weighted by Crippen LogP contribution is 2.25. The number of nitrogens with one attached hydrogen (secondary N) is 1. The molecule has 1 aliphatic heterocycles. The van der Waals surface area contributed by atoms with Crippen LogP contribution in [0, 0.1) is 0 Å². The van der Waals surface area contributed by atoms with Crippen LogP contribution in [0.4, 0.5) is 5.69 Å². The Morgan fingerprint density at radius 1 is 1.36 bits per heavy atom. The lowest BCUT2D eigenvalue weighted by atomic mass is 10.2. The normalized spacial score (nSPS) is 16.2. The first kappa shape index (κ1) is 16.3. The van der Waals surface area contributed by atoms with Crippen LogP contribution < -0.4 is 5.32 Å². The molecule has 0 radical (unpaired) electrons. The van der Waals surface area contributed by atoms with Crippen molar-refractivity contribution in [2.24, 2.45) is 10.1 Å². The van der Waals surface area contributed by atoms with Gasteiger partial charge in [-0.15, -0.1) is 0 Å². The third kappa shape index (κ3) is 3.75. The Kier molecular flexibility index (Phi) is 5.00. The van der Waals surface area contributed by atoms with Gasteiger partial charge in [-0.05, 0) is 38.1 Å². The van der Waals surface area contributed by atoms with E-state index in [1.807, 2.05) is 19.9 Å². The molecule has 1 aliphatic rings. The average Bonchev–Trinajstić information content (AvgIpc) is 2.42. The number of carbonyl (C=O) groups excluding carboxylic acids is 1. The summed E-state index contributed by atoms with van der Waals surface area (Å²) in [6.45, 7) is 7.18. The molecule has 114 valence electrons. The molecular formula is C15H14Cl2N4O. The molecule has 1 amide bonds. The predicted molar refractivity (Wildman–Crippen MR) is 91.4 cm³/mol. The fourth-order valence-corrected chi connectivity index (χ4v) is 2.25. The molecule has 2 rings (SSSR count). The molecule has 0 atom stereocenters. The van der Waals surface area contributed by atoms with Gasteiger partial charge in [-0.2, -0.15) is 5.10 Å². The molecule has 0 aromatic heterocycles. The Labute approximate surface area is 138 Å². The molecule has 1 N–H and O–H groups in total. The monoisotopic (exact) mass is 336 g/mol. The first-order chi connectivity index (χ1) is 10.4. The first-order valence-electron chi connectivity index (χ1n) is 6.39. The van der Waals surface area contributed by atoms with E-state index < -0.39 is 0 Å². The topological polar surface area (TPSA) is 57.1 Å². The standard InChI is InChI=1S/C15H14Cl2N4O/c1-9-6-10(2)21(18-3)14(19-9)8-15(22)20-11-4-5-12(16)13(17)7-11/h4-8H,3H2,1-2H3,(H,20,22). The van der Waals surface area contributed by atoms with E-state index in [1.54, 1.807) is 18.2 Å². The Morgan fingerprint density at radius 3 is 2.73 bits per heavy atom. The zero-order chi connectivity index (χ0) is 16.3. The van der Waals surface area contributed by atoms with Crippen molar-refractivity contribution in [1.82, 2.24) is 5.01 Å². The summed E-state index contributed by atoms with van der Waals surface area (Å²) in [5.41, 5.74) is 2.15. The van der Waals surface area contributed by atoms with Crippen LogP contribution in [0.5, 0.6) is 0 Å². The second-order valence-corrected chi connectivity index (χ2v) is 5.43. The van der Waals surface area contributed by atoms with Gasteiger partial charge in [0.05, 0.1) is 10.0 Å². The van der Waals surface area contributed by atoms with Gasteiger partial charge in [0, 0.05) is 29.9 Å². The van der Waals surface area contributed by atoms with Gasteiger partial charge in [-0.1, -0.05) is 23.2 Å². The Bertz CT molecular complexity index is 722. The van der Waals surface area contributed by atoms with E-state index in [-0.39, 0.29) is 5.91 Å². The summed E-state index contributed by atoms with van der Waals surface area (Å²) < 4.78 is 0. The van der Waals surface area contributed by atoms with Gasteiger partial charge in [0.25, 0.3) is 5.91 Å². The Hall–Kier alpha value is -2.11. The molecule has 0 fully saturated rings. The number of allylic oxidation sites excluding steroid dienone is 2. The highest BCUT2D eigenvalue weighted by atomic mass is 35.5. The second kappa shape index (κ2) is 6.77. The van der Waals surface area contributed by atoms with Crippen LogP contribution in [0.1, 0.15) is 13.8 Å². The number of anilines is 1. The molecule has 0 spiro atoms. The number of hydrogen-bond acceptors (Lipinski definition) is 4. The number of rotatable bonds is 3. The number of nitrogens with zero attached hydrogens (tertiary/aromatic N) is 3. The lowest BCUT2D eigenvalue weighted by Crippen LogP contribution is -2.21. The maximum atomic E-state index is 12.1. The summed E-state index contributed by atoms with van der Waals surface area (Å²) in [5, 5.41) is 8.83. The summed E-state index contributed by atoms with van der Waals surface area (Å²) in [6, 6.07) is 4.85. The van der Waals surface area contributed by atoms with Crippen LogP contribution in [0.3, 0.4) is 0 Å². The van der Waals surface area contributed by atoms with Crippen molar-refractivity contribution in [1.29, 1.82) is 0 Å². The molecule has 5 nitrogen and oxygen atoms in total. The average molecular weight is 337 g/mol. The van der Waals surface area contributed by atoms with E-state index in [1.165, 1.54) is 11.1 Å². The lowest BCUT2D eigenvalue weighted by Gasteiger charge is -2.23. The number of benzene rings is 1. The molecule has 1 aromatic carbocycles. The molecule has 0 saturated heterocycles. The minimum Gasteiger partial charge on any atom is -0.322 e. The summed E-state index contributed by atoms with van der Waals surface area (Å²) in [4.78, 5) is 16.4. The third-order valence-electron chi connectivity index (χ3n) is 2.85. The molecule has 7 heteroatoms. The van der Waals surface area contributed by atoms with Gasteiger partial charge >= 0.3 is 0 Å². The molecular weight excluding hydrogens is 323 g/mol. The number of hydrazone groups is 1. The first-order valence-corrected chi connectivity index (χ1v) is 7.14. The van der Waals surface area contributed by atoms with Crippen molar-refractivity contribution >= 4 is 47.2 Å². The van der Waals surface area contributed by atoms with Gasteiger partial charge in [-0.25, -0.2) is 10.0 Å². The zero-order valence-electron chi connectivity index (χ0n) is 12.1. The third-order valence-corrected chi connectivity index (χ3v) is 3.59. The van der Waals surface area contributed by atoms with Crippen molar-refractivity contribution in [3.8, 4) is 0 Å². The van der Waals surface area contributed by atoms with Gasteiger partial charge < -0.3 is 5.32 Å². The van der Waals surface area contributed by atoms with Crippen LogP contribution in [0.25, 0.3) is 0 Å². The lowest BCUT2D eigenvalue weighted by molar-refractivity contribution is -0.112. The van der Waals surface area contributed by atoms with E-state index >= 15 is 0 Å². The molecule has 0 unspecified atom stereocenters. The fourth-order valence-electron chi connectivity index (χ4n) is 1.95. The smallest absolute Gasteiger partial charge is 0.252 e. The van der Waals surface area contributed by atoms with E-state index in [4.69, 9.17) is 23.2 Å². The van der Waals surface area contributed by atoms with Crippen LogP contribution in [-0.4, -0.2) is 23.3 Å². The van der Waals surface area contributed by atoms with E-state index in [2.05, 4.69) is 22.1 Å². The summed E-state index contributed by atoms with van der Waals surface area (Å²) in [7, 11) is 0. The van der Waals surface area contributed by atoms with Crippen LogP contribution >= 0.6 is 23.2 Å². The Morgan fingerprint density at radius 2 is 2.09 bits per heavy atom. The quantitative estimate of drug-likeness (QED) is 0.668. The predicted octanol–water partition coefficient (Wildman–Crippen LogP) is 4.07. The summed E-state index contributed by atoms with van der Waals surface area (Å²) >= 11 is 11.7. The minimum atomic E-state index is -0.353. The fraction of sp³-hybridized carbons (Fsp3) is 0.133. The van der Waals surface area contributed by atoms with Crippen LogP contribution in [0.2, 0.25) is 10.0 Å². The van der Waals surface area contributed by atoms with Crippen LogP contribution in [-0.2, 0) is 4.79 Å². The van der Waals surface area contributed by atoms with Crippen molar-refractivity contribution in [2.45, 2.75) is 13.8 Å². The number of carbonyl (C=O) groups is 1.